The van der Waals surface area contributed by atoms with Crippen molar-refractivity contribution in [2.24, 2.45) is 0 Å². The van der Waals surface area contributed by atoms with Gasteiger partial charge in [-0.25, -0.2) is 4.98 Å². The summed E-state index contributed by atoms with van der Waals surface area (Å²) >= 11 is 1.08. The molecule has 1 aromatic rings. The highest BCUT2D eigenvalue weighted by molar-refractivity contribution is 7.11. The van der Waals surface area contributed by atoms with E-state index in [1.165, 1.54) is 0 Å². The summed E-state index contributed by atoms with van der Waals surface area (Å²) in [6.07, 6.45) is -4.21. The Bertz CT molecular complexity index is 452. The first-order chi connectivity index (χ1) is 9.58. The summed E-state index contributed by atoms with van der Waals surface area (Å²) in [6.45, 7) is 10.0. The lowest BCUT2D eigenvalue weighted by Crippen LogP contribution is -2.35. The van der Waals surface area contributed by atoms with Crippen molar-refractivity contribution in [2.75, 3.05) is 6.61 Å². The zero-order valence-electron chi connectivity index (χ0n) is 13.1. The number of rotatable bonds is 6. The molecule has 1 unspecified atom stereocenters. The van der Waals surface area contributed by atoms with Crippen LogP contribution in [0.5, 0.6) is 0 Å². The Hall–Kier alpha value is -0.660. The number of hydrogen-bond acceptors (Lipinski definition) is 4. The van der Waals surface area contributed by atoms with Gasteiger partial charge in [0, 0.05) is 18.7 Å². The lowest BCUT2D eigenvalue weighted by Gasteiger charge is -2.20. The quantitative estimate of drug-likeness (QED) is 0.834. The third-order valence-electron chi connectivity index (χ3n) is 2.78. The Morgan fingerprint density at radius 2 is 1.86 bits per heavy atom. The fourth-order valence-electron chi connectivity index (χ4n) is 1.76. The van der Waals surface area contributed by atoms with Crippen molar-refractivity contribution in [3.8, 4) is 0 Å². The van der Waals surface area contributed by atoms with Crippen LogP contribution in [-0.2, 0) is 17.5 Å². The lowest BCUT2D eigenvalue weighted by atomic mass is 10.1. The number of nitrogens with one attached hydrogen (secondary N) is 1. The van der Waals surface area contributed by atoms with Crippen molar-refractivity contribution in [3.63, 3.8) is 0 Å². The average molecular weight is 324 g/mol. The van der Waals surface area contributed by atoms with E-state index >= 15 is 0 Å². The smallest absolute Gasteiger partial charge is 0.371 e. The van der Waals surface area contributed by atoms with E-state index in [-0.39, 0.29) is 23.1 Å². The SMILES string of the molecule is CCOC(CC)c1nc(C(F)(F)F)c(CNC(C)(C)C)s1. The summed E-state index contributed by atoms with van der Waals surface area (Å²) in [5.74, 6) is 0. The molecular weight excluding hydrogens is 301 g/mol. The van der Waals surface area contributed by atoms with Gasteiger partial charge in [-0.05, 0) is 34.1 Å². The third-order valence-corrected chi connectivity index (χ3v) is 3.92. The topological polar surface area (TPSA) is 34.1 Å². The van der Waals surface area contributed by atoms with Crippen molar-refractivity contribution in [3.05, 3.63) is 15.6 Å². The van der Waals surface area contributed by atoms with Gasteiger partial charge in [-0.2, -0.15) is 13.2 Å². The molecule has 0 saturated carbocycles. The highest BCUT2D eigenvalue weighted by Gasteiger charge is 2.38. The van der Waals surface area contributed by atoms with Gasteiger partial charge in [-0.1, -0.05) is 6.92 Å². The molecule has 0 bridgehead atoms. The molecule has 1 aromatic heterocycles. The number of thiazole rings is 1. The molecule has 21 heavy (non-hydrogen) atoms. The molecule has 1 N–H and O–H groups in total. The van der Waals surface area contributed by atoms with Crippen LogP contribution in [0, 0.1) is 0 Å². The molecule has 1 heterocycles. The Kier molecular flexibility index (Phi) is 6.19. The summed E-state index contributed by atoms with van der Waals surface area (Å²) in [6, 6.07) is 0. The Balaban J connectivity index is 3.07. The van der Waals surface area contributed by atoms with Gasteiger partial charge >= 0.3 is 6.18 Å². The molecule has 122 valence electrons. The molecule has 0 radical (unpaired) electrons. The summed E-state index contributed by atoms with van der Waals surface area (Å²) < 4.78 is 44.8. The highest BCUT2D eigenvalue weighted by atomic mass is 32.1. The minimum Gasteiger partial charge on any atom is -0.371 e. The fraction of sp³-hybridized carbons (Fsp3) is 0.786. The molecule has 0 aliphatic heterocycles. The molecule has 3 nitrogen and oxygen atoms in total. The van der Waals surface area contributed by atoms with Crippen LogP contribution in [0.15, 0.2) is 0 Å². The molecule has 0 amide bonds. The molecule has 0 aliphatic carbocycles. The van der Waals surface area contributed by atoms with Gasteiger partial charge in [-0.3, -0.25) is 0 Å². The normalized spacial score (nSPS) is 14.5. The lowest BCUT2D eigenvalue weighted by molar-refractivity contribution is -0.141. The van der Waals surface area contributed by atoms with E-state index in [9.17, 15) is 13.2 Å². The largest absolute Gasteiger partial charge is 0.434 e. The van der Waals surface area contributed by atoms with Crippen LogP contribution in [0.25, 0.3) is 0 Å². The van der Waals surface area contributed by atoms with Crippen molar-refractivity contribution in [1.82, 2.24) is 10.3 Å². The number of nitrogens with zero attached hydrogens (tertiary/aromatic N) is 1. The van der Waals surface area contributed by atoms with Gasteiger partial charge in [0.1, 0.15) is 11.1 Å². The predicted molar refractivity (Wildman–Crippen MR) is 78.4 cm³/mol. The predicted octanol–water partition coefficient (Wildman–Crippen LogP) is 4.54. The minimum atomic E-state index is -4.44. The standard InChI is InChI=1S/C14H23F3N2OS/c1-6-9(20-7-2)12-19-11(14(15,16)17)10(21-12)8-18-13(3,4)5/h9,18H,6-8H2,1-5H3. The van der Waals surface area contributed by atoms with E-state index in [1.807, 2.05) is 34.6 Å². The van der Waals surface area contributed by atoms with Gasteiger partial charge in [-0.15, -0.1) is 11.3 Å². The van der Waals surface area contributed by atoms with E-state index in [1.54, 1.807) is 0 Å². The van der Waals surface area contributed by atoms with E-state index in [2.05, 4.69) is 10.3 Å². The fourth-order valence-corrected chi connectivity index (χ4v) is 2.92. The van der Waals surface area contributed by atoms with Crippen LogP contribution in [0.2, 0.25) is 0 Å². The van der Waals surface area contributed by atoms with E-state index < -0.39 is 11.9 Å². The molecular formula is C14H23F3N2OS. The maximum absolute atomic E-state index is 13.1. The number of aromatic nitrogens is 1. The van der Waals surface area contributed by atoms with Crippen LogP contribution in [0.1, 0.15) is 62.7 Å². The highest BCUT2D eigenvalue weighted by Crippen LogP contribution is 2.37. The molecule has 0 aromatic carbocycles. The first-order valence-electron chi connectivity index (χ1n) is 7.02. The molecule has 0 aliphatic rings. The van der Waals surface area contributed by atoms with Gasteiger partial charge < -0.3 is 10.1 Å². The Morgan fingerprint density at radius 3 is 2.29 bits per heavy atom. The first-order valence-corrected chi connectivity index (χ1v) is 7.83. The van der Waals surface area contributed by atoms with E-state index in [0.717, 1.165) is 11.3 Å². The monoisotopic (exact) mass is 324 g/mol. The van der Waals surface area contributed by atoms with Crippen LogP contribution in [0.3, 0.4) is 0 Å². The summed E-state index contributed by atoms with van der Waals surface area (Å²) in [4.78, 5) is 4.01. The molecule has 0 spiro atoms. The maximum atomic E-state index is 13.1. The van der Waals surface area contributed by atoms with E-state index in [0.29, 0.717) is 18.0 Å². The van der Waals surface area contributed by atoms with Crippen LogP contribution < -0.4 is 5.32 Å². The third kappa shape index (κ3) is 5.56. The summed E-state index contributed by atoms with van der Waals surface area (Å²) in [7, 11) is 0. The zero-order chi connectivity index (χ0) is 16.3. The molecule has 7 heteroatoms. The van der Waals surface area contributed by atoms with Gasteiger partial charge in [0.25, 0.3) is 0 Å². The summed E-state index contributed by atoms with van der Waals surface area (Å²) in [5, 5.41) is 3.48. The molecule has 0 saturated heterocycles. The van der Waals surface area contributed by atoms with Gasteiger partial charge in [0.2, 0.25) is 0 Å². The Morgan fingerprint density at radius 1 is 1.24 bits per heavy atom. The average Bonchev–Trinajstić information content (AvgIpc) is 2.76. The minimum absolute atomic E-state index is 0.151. The van der Waals surface area contributed by atoms with Gasteiger partial charge in [0.15, 0.2) is 5.69 Å². The van der Waals surface area contributed by atoms with Crippen molar-refractivity contribution in [2.45, 2.75) is 65.4 Å². The first kappa shape index (κ1) is 18.4. The number of halogens is 3. The van der Waals surface area contributed by atoms with Crippen LogP contribution >= 0.6 is 11.3 Å². The summed E-state index contributed by atoms with van der Waals surface area (Å²) in [5.41, 5.74) is -1.05. The van der Waals surface area contributed by atoms with Crippen molar-refractivity contribution >= 4 is 11.3 Å². The maximum Gasteiger partial charge on any atom is 0.434 e. The second-order valence-corrected chi connectivity index (χ2v) is 6.89. The number of ether oxygens (including phenoxy) is 1. The Labute approximate surface area is 127 Å². The molecule has 1 atom stereocenters. The van der Waals surface area contributed by atoms with Crippen LogP contribution in [-0.4, -0.2) is 17.1 Å². The van der Waals surface area contributed by atoms with Crippen molar-refractivity contribution < 1.29 is 17.9 Å². The van der Waals surface area contributed by atoms with E-state index in [4.69, 9.17) is 4.74 Å². The number of alkyl halides is 3. The number of hydrogen-bond donors (Lipinski definition) is 1. The molecule has 0 fully saturated rings. The second-order valence-electron chi connectivity index (χ2n) is 5.78. The second kappa shape index (κ2) is 7.07. The van der Waals surface area contributed by atoms with Crippen molar-refractivity contribution in [1.29, 1.82) is 0 Å². The van der Waals surface area contributed by atoms with Crippen LogP contribution in [0.4, 0.5) is 13.2 Å². The zero-order valence-corrected chi connectivity index (χ0v) is 13.9. The molecule has 1 rings (SSSR count). The van der Waals surface area contributed by atoms with Gasteiger partial charge in [0.05, 0.1) is 4.88 Å².